The van der Waals surface area contributed by atoms with Crippen LogP contribution >= 0.6 is 0 Å². The summed E-state index contributed by atoms with van der Waals surface area (Å²) >= 11 is 0. The normalized spacial score (nSPS) is 11.6. The molecule has 0 saturated carbocycles. The van der Waals surface area contributed by atoms with Gasteiger partial charge in [-0.3, -0.25) is 15.0 Å². The number of sulfone groups is 1. The van der Waals surface area contributed by atoms with Gasteiger partial charge in [-0.25, -0.2) is 18.1 Å². The monoisotopic (exact) mass is 434 g/mol. The molecule has 0 fully saturated rings. The number of benzene rings is 2. The zero-order valence-electron chi connectivity index (χ0n) is 13.7. The van der Waals surface area contributed by atoms with Crippen LogP contribution in [0.1, 0.15) is 20.7 Å². The van der Waals surface area contributed by atoms with Gasteiger partial charge in [-0.15, -0.1) is 0 Å². The molecule has 0 aromatic heterocycles. The fourth-order valence-electron chi connectivity index (χ4n) is 1.88. The first kappa shape index (κ1) is 21.6. The minimum atomic E-state index is -5.86. The Morgan fingerprint density at radius 1 is 1.00 bits per heavy atom. The van der Waals surface area contributed by atoms with Crippen LogP contribution in [0.4, 0.5) is 18.9 Å². The van der Waals surface area contributed by atoms with Gasteiger partial charge in [0.05, 0.1) is 21.4 Å². The van der Waals surface area contributed by atoms with Crippen LogP contribution in [0.5, 0.6) is 5.75 Å². The number of nitro groups is 1. The van der Waals surface area contributed by atoms with Crippen molar-refractivity contribution in [2.75, 3.05) is 0 Å². The second-order valence-corrected chi connectivity index (χ2v) is 7.10. The van der Waals surface area contributed by atoms with E-state index in [0.717, 1.165) is 24.3 Å². The van der Waals surface area contributed by atoms with Crippen LogP contribution in [0.2, 0.25) is 0 Å². The van der Waals surface area contributed by atoms with Crippen LogP contribution < -0.4 is 9.99 Å². The number of carbonyl (C=O) groups is 2. The molecule has 2 aromatic rings. The van der Waals surface area contributed by atoms with Gasteiger partial charge in [0.2, 0.25) is 0 Å². The van der Waals surface area contributed by atoms with E-state index in [1.807, 2.05) is 0 Å². The van der Waals surface area contributed by atoms with E-state index >= 15 is 0 Å². The molecule has 154 valence electrons. The number of nitro benzene ring substituents is 1. The molecule has 0 radical (unpaired) electrons. The van der Waals surface area contributed by atoms with Gasteiger partial charge < -0.3 is 9.90 Å². The van der Waals surface area contributed by atoms with Crippen molar-refractivity contribution in [1.82, 2.24) is 0 Å². The summed E-state index contributed by atoms with van der Waals surface area (Å²) in [7, 11) is -5.86. The SMILES string of the molecule is O=C([O-])c1ccc(C(=O)OOc2ccc(S(=O)(=O)C(F)(F)F)cc2[N+](=O)[O-])cc1. The van der Waals surface area contributed by atoms with Gasteiger partial charge in [-0.05, 0) is 29.8 Å². The van der Waals surface area contributed by atoms with Crippen LogP contribution in [0.25, 0.3) is 0 Å². The number of hydrogen-bond donors (Lipinski definition) is 0. The maximum atomic E-state index is 12.6. The Morgan fingerprint density at radius 3 is 2.03 bits per heavy atom. The summed E-state index contributed by atoms with van der Waals surface area (Å²) in [5.74, 6) is -3.59. The molecule has 0 heterocycles. The standard InChI is InChI=1S/C15H8F3NO9S/c16-15(17,18)29(25,26)10-5-6-12(11(7-10)19(23)24)27-28-14(22)9-3-1-8(2-4-9)13(20)21/h1-7H,(H,20,21)/p-1. The van der Waals surface area contributed by atoms with Gasteiger partial charge in [0.1, 0.15) is 0 Å². The number of alkyl halides is 3. The summed E-state index contributed by atoms with van der Waals surface area (Å²) < 4.78 is 60.4. The van der Waals surface area contributed by atoms with Crippen molar-refractivity contribution in [3.05, 3.63) is 63.7 Å². The van der Waals surface area contributed by atoms with E-state index in [1.165, 1.54) is 0 Å². The molecule has 0 aliphatic heterocycles. The van der Waals surface area contributed by atoms with Gasteiger partial charge in [0.15, 0.2) is 0 Å². The minimum Gasteiger partial charge on any atom is -0.545 e. The van der Waals surface area contributed by atoms with E-state index in [4.69, 9.17) is 0 Å². The lowest BCUT2D eigenvalue weighted by atomic mass is 10.1. The predicted octanol–water partition coefficient (Wildman–Crippen LogP) is 1.40. The zero-order valence-corrected chi connectivity index (χ0v) is 14.5. The van der Waals surface area contributed by atoms with Gasteiger partial charge in [-0.1, -0.05) is 12.1 Å². The first-order valence-corrected chi connectivity index (χ1v) is 8.63. The molecule has 0 bridgehead atoms. The molecule has 0 aliphatic carbocycles. The highest BCUT2D eigenvalue weighted by Gasteiger charge is 2.47. The summed E-state index contributed by atoms with van der Waals surface area (Å²) in [6.45, 7) is 0. The number of carboxylic acid groups (broad SMARTS) is 1. The largest absolute Gasteiger partial charge is 0.545 e. The number of halogens is 3. The molecule has 2 rings (SSSR count). The number of hydrogen-bond acceptors (Lipinski definition) is 9. The summed E-state index contributed by atoms with van der Waals surface area (Å²) in [5.41, 5.74) is -7.38. The Balaban J connectivity index is 2.25. The average molecular weight is 434 g/mol. The highest BCUT2D eigenvalue weighted by molar-refractivity contribution is 7.92. The second kappa shape index (κ2) is 7.75. The predicted molar refractivity (Wildman–Crippen MR) is 83.2 cm³/mol. The topological polar surface area (TPSA) is 153 Å². The number of carboxylic acids is 1. The first-order valence-electron chi connectivity index (χ1n) is 7.14. The lowest BCUT2D eigenvalue weighted by Gasteiger charge is -2.09. The van der Waals surface area contributed by atoms with Crippen LogP contribution in [0.15, 0.2) is 47.4 Å². The van der Waals surface area contributed by atoms with Crippen molar-refractivity contribution in [3.8, 4) is 5.75 Å². The van der Waals surface area contributed by atoms with Crippen molar-refractivity contribution < 1.29 is 51.0 Å². The zero-order chi connectivity index (χ0) is 22.0. The summed E-state index contributed by atoms with van der Waals surface area (Å²) in [5, 5.41) is 21.6. The minimum absolute atomic E-state index is 0.0979. The van der Waals surface area contributed by atoms with Crippen molar-refractivity contribution in [2.45, 2.75) is 10.4 Å². The van der Waals surface area contributed by atoms with E-state index in [1.54, 1.807) is 0 Å². The highest BCUT2D eigenvalue weighted by Crippen LogP contribution is 2.35. The van der Waals surface area contributed by atoms with Crippen molar-refractivity contribution in [3.63, 3.8) is 0 Å². The summed E-state index contributed by atoms with van der Waals surface area (Å²) in [6, 6.07) is 5.03. The van der Waals surface area contributed by atoms with Gasteiger partial charge in [0.25, 0.3) is 15.6 Å². The molecule has 29 heavy (non-hydrogen) atoms. The molecule has 0 atom stereocenters. The average Bonchev–Trinajstić information content (AvgIpc) is 2.64. The van der Waals surface area contributed by atoms with E-state index in [9.17, 15) is 46.4 Å². The lowest BCUT2D eigenvalue weighted by Crippen LogP contribution is -2.23. The molecule has 0 unspecified atom stereocenters. The summed E-state index contributed by atoms with van der Waals surface area (Å²) in [4.78, 5) is 39.6. The summed E-state index contributed by atoms with van der Waals surface area (Å²) in [6.07, 6.45) is 0. The molecule has 0 aliphatic rings. The molecular formula is C15H7F3NO9S-. The highest BCUT2D eigenvalue weighted by atomic mass is 32.2. The molecule has 0 N–H and O–H groups in total. The van der Waals surface area contributed by atoms with Crippen LogP contribution in [0, 0.1) is 10.1 Å². The molecule has 0 saturated heterocycles. The van der Waals surface area contributed by atoms with E-state index in [2.05, 4.69) is 9.78 Å². The quantitative estimate of drug-likeness (QED) is 0.373. The second-order valence-electron chi connectivity index (χ2n) is 5.15. The Kier molecular flexibility index (Phi) is 5.77. The molecule has 14 heteroatoms. The van der Waals surface area contributed by atoms with E-state index in [0.29, 0.717) is 12.1 Å². The Bertz CT molecular complexity index is 1080. The molecule has 2 aromatic carbocycles. The molecule has 0 spiro atoms. The number of aromatic carboxylic acids is 1. The fourth-order valence-corrected chi connectivity index (χ4v) is 2.67. The Labute approximate surface area is 159 Å². The lowest BCUT2D eigenvalue weighted by molar-refractivity contribution is -0.387. The van der Waals surface area contributed by atoms with E-state index in [-0.39, 0.29) is 17.2 Å². The van der Waals surface area contributed by atoms with Gasteiger partial charge in [-0.2, -0.15) is 13.2 Å². The number of rotatable bonds is 6. The van der Waals surface area contributed by atoms with Crippen molar-refractivity contribution in [2.24, 2.45) is 0 Å². The van der Waals surface area contributed by atoms with Crippen molar-refractivity contribution in [1.29, 1.82) is 0 Å². The molecule has 0 amide bonds. The maximum absolute atomic E-state index is 12.6. The fraction of sp³-hybridized carbons (Fsp3) is 0.0667. The van der Waals surface area contributed by atoms with Gasteiger partial charge in [0, 0.05) is 6.07 Å². The first-order chi connectivity index (χ1) is 13.3. The van der Waals surface area contributed by atoms with Crippen LogP contribution in [0.3, 0.4) is 0 Å². The third-order valence-corrected chi connectivity index (χ3v) is 4.79. The van der Waals surface area contributed by atoms with Gasteiger partial charge >= 0.3 is 17.2 Å². The smallest absolute Gasteiger partial charge is 0.501 e. The van der Waals surface area contributed by atoms with Crippen LogP contribution in [-0.2, 0) is 14.7 Å². The maximum Gasteiger partial charge on any atom is 0.501 e. The molecular weight excluding hydrogens is 427 g/mol. The van der Waals surface area contributed by atoms with Crippen molar-refractivity contribution >= 4 is 27.5 Å². The number of carbonyl (C=O) groups excluding carboxylic acids is 2. The third kappa shape index (κ3) is 4.60. The third-order valence-electron chi connectivity index (χ3n) is 3.31. The molecule has 10 nitrogen and oxygen atoms in total. The van der Waals surface area contributed by atoms with E-state index < -0.39 is 48.5 Å². The Morgan fingerprint density at radius 2 is 1.55 bits per heavy atom. The Hall–Kier alpha value is -3.68. The number of nitrogens with zero attached hydrogens (tertiary/aromatic N) is 1. The van der Waals surface area contributed by atoms with Crippen LogP contribution in [-0.4, -0.2) is 30.8 Å².